The monoisotopic (exact) mass is 358 g/mol. The number of ether oxygens (including phenoxy) is 1. The van der Waals surface area contributed by atoms with Crippen LogP contribution in [0.1, 0.15) is 37.7 Å². The topological polar surface area (TPSA) is 53.0 Å². The van der Waals surface area contributed by atoms with Gasteiger partial charge < -0.3 is 14.7 Å². The van der Waals surface area contributed by atoms with Crippen molar-refractivity contribution in [2.24, 2.45) is 5.92 Å². The van der Waals surface area contributed by atoms with E-state index in [-0.39, 0.29) is 24.1 Å². The van der Waals surface area contributed by atoms with Crippen molar-refractivity contribution in [3.8, 4) is 0 Å². The Bertz CT molecular complexity index is 623. The summed E-state index contributed by atoms with van der Waals surface area (Å²) in [5.74, 6) is 1.16. The van der Waals surface area contributed by atoms with E-state index >= 15 is 0 Å². The van der Waals surface area contributed by atoms with E-state index in [1.54, 1.807) is 0 Å². The molecule has 2 atom stereocenters. The summed E-state index contributed by atoms with van der Waals surface area (Å²) < 4.78 is 5.51. The van der Waals surface area contributed by atoms with Gasteiger partial charge in [0.15, 0.2) is 0 Å². The number of benzene rings is 1. The fourth-order valence-electron chi connectivity index (χ4n) is 5.28. The van der Waals surface area contributed by atoms with Gasteiger partial charge in [0.25, 0.3) is 0 Å². The molecular weight excluding hydrogens is 328 g/mol. The van der Waals surface area contributed by atoms with Gasteiger partial charge in [0.2, 0.25) is 5.91 Å². The number of carbonyl (C=O) groups excluding carboxylic acids is 1. The van der Waals surface area contributed by atoms with E-state index in [1.165, 1.54) is 5.56 Å². The lowest BCUT2D eigenvalue weighted by atomic mass is 9.60. The fraction of sp³-hybridized carbons (Fsp3) is 0.667. The number of carbonyl (C=O) groups is 1. The SMILES string of the molecule is CCC(=O)N1CC2(C1)[C@H](c1ccccc1)[C@@H](CO)N2CC1CCOCC1. The third-order valence-electron chi connectivity index (χ3n) is 6.66. The third kappa shape index (κ3) is 2.86. The summed E-state index contributed by atoms with van der Waals surface area (Å²) in [7, 11) is 0. The minimum Gasteiger partial charge on any atom is -0.395 e. The first-order valence-electron chi connectivity index (χ1n) is 9.97. The standard InChI is InChI=1S/C21H30N2O3/c1-2-19(25)22-14-21(15-22)20(17-6-4-3-5-7-17)18(13-24)23(21)12-16-8-10-26-11-9-16/h3-7,16,18,20,24H,2,8-15H2,1H3/t18-,20-/m1/s1. The summed E-state index contributed by atoms with van der Waals surface area (Å²) >= 11 is 0. The van der Waals surface area contributed by atoms with Gasteiger partial charge in [0, 0.05) is 51.2 Å². The van der Waals surface area contributed by atoms with Crippen molar-refractivity contribution >= 4 is 5.91 Å². The quantitative estimate of drug-likeness (QED) is 0.873. The lowest BCUT2D eigenvalue weighted by Crippen LogP contribution is -2.85. The molecule has 0 aliphatic carbocycles. The number of rotatable bonds is 5. The zero-order valence-corrected chi connectivity index (χ0v) is 15.6. The van der Waals surface area contributed by atoms with E-state index in [1.807, 2.05) is 17.9 Å². The Morgan fingerprint density at radius 3 is 2.54 bits per heavy atom. The van der Waals surface area contributed by atoms with E-state index in [9.17, 15) is 9.90 Å². The zero-order chi connectivity index (χ0) is 18.1. The average Bonchev–Trinajstić information content (AvgIpc) is 2.65. The predicted molar refractivity (Wildman–Crippen MR) is 99.9 cm³/mol. The van der Waals surface area contributed by atoms with Crippen LogP contribution in [-0.2, 0) is 9.53 Å². The second-order valence-corrected chi connectivity index (χ2v) is 8.05. The zero-order valence-electron chi connectivity index (χ0n) is 15.6. The second-order valence-electron chi connectivity index (χ2n) is 8.05. The van der Waals surface area contributed by atoms with Crippen LogP contribution in [-0.4, -0.2) is 71.8 Å². The Labute approximate surface area is 155 Å². The van der Waals surface area contributed by atoms with Crippen LogP contribution in [0.5, 0.6) is 0 Å². The van der Waals surface area contributed by atoms with Crippen molar-refractivity contribution in [3.63, 3.8) is 0 Å². The van der Waals surface area contributed by atoms with Gasteiger partial charge in [-0.05, 0) is 24.3 Å². The molecule has 0 radical (unpaired) electrons. The molecule has 4 rings (SSSR count). The first-order chi connectivity index (χ1) is 12.7. The third-order valence-corrected chi connectivity index (χ3v) is 6.66. The Balaban J connectivity index is 1.57. The molecule has 142 valence electrons. The highest BCUT2D eigenvalue weighted by molar-refractivity contribution is 5.77. The Kier molecular flexibility index (Phi) is 5.04. The number of aliphatic hydroxyl groups excluding tert-OH is 1. The van der Waals surface area contributed by atoms with Crippen LogP contribution < -0.4 is 0 Å². The summed E-state index contributed by atoms with van der Waals surface area (Å²) in [5.41, 5.74) is 1.29. The summed E-state index contributed by atoms with van der Waals surface area (Å²) in [5, 5.41) is 10.1. The molecule has 1 N–H and O–H groups in total. The van der Waals surface area contributed by atoms with Gasteiger partial charge in [0.05, 0.1) is 12.1 Å². The molecule has 3 aliphatic heterocycles. The molecule has 1 aromatic carbocycles. The van der Waals surface area contributed by atoms with Crippen molar-refractivity contribution in [3.05, 3.63) is 35.9 Å². The minimum absolute atomic E-state index is 0.00210. The van der Waals surface area contributed by atoms with Gasteiger partial charge in [-0.15, -0.1) is 0 Å². The van der Waals surface area contributed by atoms with Gasteiger partial charge in [-0.2, -0.15) is 0 Å². The first-order valence-corrected chi connectivity index (χ1v) is 9.97. The molecule has 0 bridgehead atoms. The lowest BCUT2D eigenvalue weighted by Gasteiger charge is -2.71. The van der Waals surface area contributed by atoms with Crippen LogP contribution in [0.3, 0.4) is 0 Å². The first kappa shape index (κ1) is 18.0. The summed E-state index contributed by atoms with van der Waals surface area (Å²) in [6, 6.07) is 10.7. The maximum atomic E-state index is 12.2. The van der Waals surface area contributed by atoms with Crippen molar-refractivity contribution in [1.29, 1.82) is 0 Å². The number of hydrogen-bond donors (Lipinski definition) is 1. The minimum atomic E-state index is -0.00210. The molecule has 1 aromatic rings. The maximum Gasteiger partial charge on any atom is 0.222 e. The van der Waals surface area contributed by atoms with E-state index in [0.29, 0.717) is 18.3 Å². The van der Waals surface area contributed by atoms with Crippen LogP contribution in [0, 0.1) is 5.92 Å². The summed E-state index contributed by atoms with van der Waals surface area (Å²) in [6.45, 7) is 6.38. The van der Waals surface area contributed by atoms with Crippen LogP contribution in [0.25, 0.3) is 0 Å². The van der Waals surface area contributed by atoms with Crippen LogP contribution in [0.4, 0.5) is 0 Å². The fourth-order valence-corrected chi connectivity index (χ4v) is 5.28. The van der Waals surface area contributed by atoms with E-state index in [4.69, 9.17) is 4.74 Å². The highest BCUT2D eigenvalue weighted by Gasteiger charge is 2.66. The molecule has 3 saturated heterocycles. The summed E-state index contributed by atoms with van der Waals surface area (Å²) in [6.07, 6.45) is 2.76. The maximum absolute atomic E-state index is 12.2. The molecule has 3 fully saturated rings. The van der Waals surface area contributed by atoms with Crippen molar-refractivity contribution in [2.75, 3.05) is 39.5 Å². The van der Waals surface area contributed by atoms with Crippen LogP contribution in [0.15, 0.2) is 30.3 Å². The molecule has 1 spiro atoms. The largest absolute Gasteiger partial charge is 0.395 e. The van der Waals surface area contributed by atoms with E-state index in [0.717, 1.165) is 45.7 Å². The normalized spacial score (nSPS) is 28.6. The molecule has 26 heavy (non-hydrogen) atoms. The lowest BCUT2D eigenvalue weighted by molar-refractivity contribution is -0.201. The van der Waals surface area contributed by atoms with Gasteiger partial charge >= 0.3 is 0 Å². The number of amides is 1. The van der Waals surface area contributed by atoms with Gasteiger partial charge in [-0.1, -0.05) is 37.3 Å². The number of hydrogen-bond acceptors (Lipinski definition) is 4. The molecule has 0 aromatic heterocycles. The molecule has 5 heteroatoms. The van der Waals surface area contributed by atoms with Gasteiger partial charge in [-0.3, -0.25) is 9.69 Å². The Morgan fingerprint density at radius 1 is 1.23 bits per heavy atom. The molecule has 5 nitrogen and oxygen atoms in total. The second kappa shape index (κ2) is 7.29. The van der Waals surface area contributed by atoms with Crippen LogP contribution >= 0.6 is 0 Å². The number of likely N-dealkylation sites (tertiary alicyclic amines) is 2. The van der Waals surface area contributed by atoms with Gasteiger partial charge in [0.1, 0.15) is 0 Å². The van der Waals surface area contributed by atoms with E-state index < -0.39 is 0 Å². The molecule has 1 amide bonds. The molecule has 0 saturated carbocycles. The summed E-state index contributed by atoms with van der Waals surface area (Å²) in [4.78, 5) is 16.7. The van der Waals surface area contributed by atoms with Crippen molar-refractivity contribution in [1.82, 2.24) is 9.80 Å². The highest BCUT2D eigenvalue weighted by Crippen LogP contribution is 2.54. The number of aliphatic hydroxyl groups is 1. The molecule has 3 heterocycles. The smallest absolute Gasteiger partial charge is 0.222 e. The van der Waals surface area contributed by atoms with Gasteiger partial charge in [-0.25, -0.2) is 0 Å². The highest BCUT2D eigenvalue weighted by atomic mass is 16.5. The predicted octanol–water partition coefficient (Wildman–Crippen LogP) is 1.86. The van der Waals surface area contributed by atoms with E-state index in [2.05, 4.69) is 29.2 Å². The molecule has 3 aliphatic rings. The van der Waals surface area contributed by atoms with Crippen molar-refractivity contribution in [2.45, 2.75) is 43.7 Å². The average molecular weight is 358 g/mol. The Hall–Kier alpha value is -1.43. The molecular formula is C21H30N2O3. The number of nitrogens with zero attached hydrogens (tertiary/aromatic N) is 2. The van der Waals surface area contributed by atoms with Crippen LogP contribution in [0.2, 0.25) is 0 Å². The molecule has 0 unspecified atom stereocenters. The Morgan fingerprint density at radius 2 is 1.92 bits per heavy atom. The van der Waals surface area contributed by atoms with Crippen molar-refractivity contribution < 1.29 is 14.6 Å².